The summed E-state index contributed by atoms with van der Waals surface area (Å²) >= 11 is 1.34. The van der Waals surface area contributed by atoms with Crippen molar-refractivity contribution >= 4 is 35.2 Å². The SMILES string of the molecule is CC[C@@H](C(=O)N[C@@H](CC(=O)O)C(=O)CSCc1ccccc1)n1ccnc(NCc2nonc2C)c1=O. The van der Waals surface area contributed by atoms with Crippen LogP contribution in [0.3, 0.4) is 0 Å². The number of aliphatic carboxylic acids is 1. The Morgan fingerprint density at radius 3 is 2.59 bits per heavy atom. The van der Waals surface area contributed by atoms with E-state index in [-0.39, 0.29) is 24.5 Å². The molecule has 13 heteroatoms. The largest absolute Gasteiger partial charge is 0.481 e. The number of anilines is 1. The summed E-state index contributed by atoms with van der Waals surface area (Å²) < 4.78 is 5.84. The minimum absolute atomic E-state index is 0.00776. The Morgan fingerprint density at radius 2 is 1.95 bits per heavy atom. The fourth-order valence-electron chi connectivity index (χ4n) is 3.51. The molecule has 0 unspecified atom stereocenters. The molecule has 196 valence electrons. The molecular weight excluding hydrogens is 500 g/mol. The summed E-state index contributed by atoms with van der Waals surface area (Å²) in [6, 6.07) is 7.34. The number of carbonyl (C=O) groups is 3. The maximum atomic E-state index is 13.1. The van der Waals surface area contributed by atoms with E-state index in [1.54, 1.807) is 13.8 Å². The van der Waals surface area contributed by atoms with Gasteiger partial charge in [0.05, 0.1) is 24.8 Å². The summed E-state index contributed by atoms with van der Waals surface area (Å²) in [5, 5.41) is 22.1. The predicted molar refractivity (Wildman–Crippen MR) is 136 cm³/mol. The standard InChI is InChI=1S/C24H28N6O6S/c1-3-19(30-10-9-25-22(24(30)35)26-12-18-15(2)28-36-29-18)23(34)27-17(11-21(32)33)20(31)14-37-13-16-7-5-4-6-8-16/h4-10,17,19H,3,11-14H2,1-2H3,(H,25,26)(H,27,34)(H,32,33)/t17-,19-/m0/s1. The topological polar surface area (TPSA) is 169 Å². The maximum absolute atomic E-state index is 13.1. The van der Waals surface area contributed by atoms with E-state index in [2.05, 4.69) is 30.6 Å². The van der Waals surface area contributed by atoms with E-state index in [1.165, 1.54) is 28.7 Å². The van der Waals surface area contributed by atoms with E-state index in [0.29, 0.717) is 17.1 Å². The van der Waals surface area contributed by atoms with Gasteiger partial charge in [-0.1, -0.05) is 47.6 Å². The number of carboxylic acid groups (broad SMARTS) is 1. The fraction of sp³-hybridized carbons (Fsp3) is 0.375. The summed E-state index contributed by atoms with van der Waals surface area (Å²) in [5.74, 6) is -1.66. The van der Waals surface area contributed by atoms with Crippen LogP contribution in [0.5, 0.6) is 0 Å². The lowest BCUT2D eigenvalue weighted by Crippen LogP contribution is -2.47. The average Bonchev–Trinajstić information content (AvgIpc) is 3.29. The Balaban J connectivity index is 1.68. The smallest absolute Gasteiger partial charge is 0.305 e. The molecule has 0 radical (unpaired) electrons. The van der Waals surface area contributed by atoms with Crippen molar-refractivity contribution in [3.05, 3.63) is 70.0 Å². The van der Waals surface area contributed by atoms with Crippen LogP contribution in [0.1, 0.15) is 42.8 Å². The van der Waals surface area contributed by atoms with Gasteiger partial charge in [0.2, 0.25) is 5.91 Å². The molecule has 0 fully saturated rings. The number of thioether (sulfide) groups is 1. The van der Waals surface area contributed by atoms with Gasteiger partial charge in [0.15, 0.2) is 11.6 Å². The Labute approximate surface area is 216 Å². The van der Waals surface area contributed by atoms with E-state index in [1.807, 2.05) is 30.3 Å². The molecule has 0 aliphatic carbocycles. The second-order valence-electron chi connectivity index (χ2n) is 8.17. The van der Waals surface area contributed by atoms with Crippen LogP contribution in [0.25, 0.3) is 0 Å². The molecule has 12 nitrogen and oxygen atoms in total. The fourth-order valence-corrected chi connectivity index (χ4v) is 4.44. The van der Waals surface area contributed by atoms with Crippen LogP contribution in [-0.2, 0) is 26.7 Å². The summed E-state index contributed by atoms with van der Waals surface area (Å²) in [7, 11) is 0. The van der Waals surface area contributed by atoms with Gasteiger partial charge >= 0.3 is 5.97 Å². The minimum atomic E-state index is -1.22. The lowest BCUT2D eigenvalue weighted by molar-refractivity contribution is -0.140. The number of hydrogen-bond acceptors (Lipinski definition) is 10. The second kappa shape index (κ2) is 13.3. The molecule has 0 spiro atoms. The van der Waals surface area contributed by atoms with Crippen LogP contribution >= 0.6 is 11.8 Å². The third-order valence-electron chi connectivity index (χ3n) is 5.50. The van der Waals surface area contributed by atoms with Crippen molar-refractivity contribution in [1.82, 2.24) is 25.2 Å². The first kappa shape index (κ1) is 27.6. The highest BCUT2D eigenvalue weighted by Gasteiger charge is 2.28. The van der Waals surface area contributed by atoms with Gasteiger partial charge in [-0.3, -0.25) is 23.7 Å². The zero-order valence-electron chi connectivity index (χ0n) is 20.4. The normalized spacial score (nSPS) is 12.5. The first-order chi connectivity index (χ1) is 17.8. The van der Waals surface area contributed by atoms with Gasteiger partial charge in [0, 0.05) is 18.1 Å². The molecule has 0 saturated carbocycles. The van der Waals surface area contributed by atoms with Crippen LogP contribution in [0.15, 0.2) is 52.1 Å². The number of rotatable bonds is 14. The minimum Gasteiger partial charge on any atom is -0.481 e. The summed E-state index contributed by atoms with van der Waals surface area (Å²) in [6.45, 7) is 3.55. The van der Waals surface area contributed by atoms with Gasteiger partial charge in [-0.05, 0) is 18.9 Å². The highest BCUT2D eigenvalue weighted by Crippen LogP contribution is 2.15. The molecular formula is C24H28N6O6S. The summed E-state index contributed by atoms with van der Waals surface area (Å²) in [5.41, 5.74) is 1.53. The molecule has 0 aliphatic rings. The number of Topliss-reactive ketones (excluding diaryl/α,β-unsaturated/α-hetero) is 1. The Bertz CT molecular complexity index is 1280. The third-order valence-corrected chi connectivity index (χ3v) is 6.53. The van der Waals surface area contributed by atoms with Crippen molar-refractivity contribution in [2.75, 3.05) is 11.1 Å². The Kier molecular flexibility index (Phi) is 9.95. The van der Waals surface area contributed by atoms with Gasteiger partial charge in [-0.2, -0.15) is 0 Å². The number of carbonyl (C=O) groups excluding carboxylic acids is 2. The van der Waals surface area contributed by atoms with Crippen molar-refractivity contribution in [2.24, 2.45) is 0 Å². The molecule has 2 aromatic heterocycles. The van der Waals surface area contributed by atoms with Crippen molar-refractivity contribution in [2.45, 2.75) is 51.1 Å². The van der Waals surface area contributed by atoms with Crippen molar-refractivity contribution in [3.8, 4) is 0 Å². The monoisotopic (exact) mass is 528 g/mol. The molecule has 2 atom stereocenters. The number of nitrogens with zero attached hydrogens (tertiary/aromatic N) is 4. The number of carboxylic acids is 1. The zero-order valence-corrected chi connectivity index (χ0v) is 21.2. The zero-order chi connectivity index (χ0) is 26.8. The molecule has 2 heterocycles. The van der Waals surface area contributed by atoms with Gasteiger partial charge < -0.3 is 15.7 Å². The van der Waals surface area contributed by atoms with E-state index in [0.717, 1.165) is 5.56 Å². The van der Waals surface area contributed by atoms with Crippen molar-refractivity contribution in [1.29, 1.82) is 0 Å². The Morgan fingerprint density at radius 1 is 1.19 bits per heavy atom. The first-order valence-electron chi connectivity index (χ1n) is 11.6. The van der Waals surface area contributed by atoms with Crippen molar-refractivity contribution < 1.29 is 24.1 Å². The third kappa shape index (κ3) is 7.74. The number of ketones is 1. The lowest BCUT2D eigenvalue weighted by Gasteiger charge is -2.22. The molecule has 0 aliphatic heterocycles. The van der Waals surface area contributed by atoms with E-state index >= 15 is 0 Å². The number of benzene rings is 1. The van der Waals surface area contributed by atoms with E-state index in [9.17, 15) is 24.3 Å². The maximum Gasteiger partial charge on any atom is 0.305 e. The Hall–Kier alpha value is -4.00. The van der Waals surface area contributed by atoms with Crippen LogP contribution in [0.2, 0.25) is 0 Å². The van der Waals surface area contributed by atoms with Crippen molar-refractivity contribution in [3.63, 3.8) is 0 Å². The second-order valence-corrected chi connectivity index (χ2v) is 9.15. The lowest BCUT2D eigenvalue weighted by atomic mass is 10.1. The number of aromatic nitrogens is 4. The highest BCUT2D eigenvalue weighted by atomic mass is 32.2. The average molecular weight is 529 g/mol. The van der Waals surface area contributed by atoms with Gasteiger partial charge in [0.25, 0.3) is 5.56 Å². The molecule has 0 saturated heterocycles. The van der Waals surface area contributed by atoms with Gasteiger partial charge in [0.1, 0.15) is 17.4 Å². The molecule has 3 aromatic rings. The molecule has 3 N–H and O–H groups in total. The first-order valence-corrected chi connectivity index (χ1v) is 12.7. The van der Waals surface area contributed by atoms with Crippen LogP contribution in [-0.4, -0.2) is 54.4 Å². The van der Waals surface area contributed by atoms with Crippen LogP contribution < -0.4 is 16.2 Å². The molecule has 1 amide bonds. The number of amides is 1. The van der Waals surface area contributed by atoms with Crippen LogP contribution in [0, 0.1) is 6.92 Å². The molecule has 37 heavy (non-hydrogen) atoms. The van der Waals surface area contributed by atoms with Crippen LogP contribution in [0.4, 0.5) is 5.82 Å². The summed E-state index contributed by atoms with van der Waals surface area (Å²) in [6.07, 6.45) is 2.40. The number of hydrogen-bond donors (Lipinski definition) is 3. The number of nitrogens with one attached hydrogen (secondary N) is 2. The number of aryl methyl sites for hydroxylation is 1. The van der Waals surface area contributed by atoms with E-state index in [4.69, 9.17) is 0 Å². The summed E-state index contributed by atoms with van der Waals surface area (Å²) in [4.78, 5) is 54.4. The predicted octanol–water partition coefficient (Wildman–Crippen LogP) is 1.96. The quantitative estimate of drug-likeness (QED) is 0.279. The van der Waals surface area contributed by atoms with E-state index < -0.39 is 41.7 Å². The molecule has 3 rings (SSSR count). The molecule has 1 aromatic carbocycles. The van der Waals surface area contributed by atoms with Gasteiger partial charge in [-0.15, -0.1) is 11.8 Å². The van der Waals surface area contributed by atoms with Gasteiger partial charge in [-0.25, -0.2) is 9.61 Å². The molecule has 0 bridgehead atoms. The highest BCUT2D eigenvalue weighted by molar-refractivity contribution is 7.99.